The summed E-state index contributed by atoms with van der Waals surface area (Å²) in [6.45, 7) is 0.872. The minimum Gasteiger partial charge on any atom is -0.274 e. The van der Waals surface area contributed by atoms with Crippen molar-refractivity contribution in [1.82, 2.24) is 14.1 Å². The predicted molar refractivity (Wildman–Crippen MR) is 73.8 cm³/mol. The van der Waals surface area contributed by atoms with Crippen LogP contribution in [0.3, 0.4) is 0 Å². The van der Waals surface area contributed by atoms with Gasteiger partial charge in [-0.2, -0.15) is 9.40 Å². The minimum atomic E-state index is -3.46. The maximum absolute atomic E-state index is 12.5. The van der Waals surface area contributed by atoms with Crippen molar-refractivity contribution in [3.63, 3.8) is 0 Å². The Balaban J connectivity index is 1.92. The third kappa shape index (κ3) is 2.31. The van der Waals surface area contributed by atoms with Crippen molar-refractivity contribution in [2.24, 2.45) is 7.05 Å². The molecule has 8 heteroatoms. The summed E-state index contributed by atoms with van der Waals surface area (Å²) in [5, 5.41) is 3.92. The number of hydrogen-bond donors (Lipinski definition) is 0. The largest absolute Gasteiger partial charge is 0.274 e. The molecule has 0 aromatic carbocycles. The first-order valence-corrected chi connectivity index (χ1v) is 8.36. The van der Waals surface area contributed by atoms with Crippen molar-refractivity contribution in [2.75, 3.05) is 6.54 Å². The van der Waals surface area contributed by atoms with Crippen LogP contribution in [-0.2, 0) is 30.0 Å². The molecule has 102 valence electrons. The molecule has 0 spiro atoms. The molecule has 0 fully saturated rings. The molecule has 0 saturated carbocycles. The monoisotopic (exact) mass is 317 g/mol. The second-order valence-electron chi connectivity index (χ2n) is 4.44. The molecule has 0 radical (unpaired) electrons. The Morgan fingerprint density at radius 2 is 2.26 bits per heavy atom. The molecular formula is C11H12ClN3O2S2. The van der Waals surface area contributed by atoms with Gasteiger partial charge in [0.2, 0.25) is 10.0 Å². The molecule has 1 aliphatic rings. The van der Waals surface area contributed by atoms with Crippen molar-refractivity contribution in [3.05, 3.63) is 33.2 Å². The van der Waals surface area contributed by atoms with E-state index >= 15 is 0 Å². The maximum atomic E-state index is 12.5. The van der Waals surface area contributed by atoms with Crippen molar-refractivity contribution in [3.8, 4) is 0 Å². The van der Waals surface area contributed by atoms with Crippen molar-refractivity contribution < 1.29 is 8.42 Å². The van der Waals surface area contributed by atoms with Gasteiger partial charge in [-0.15, -0.1) is 11.3 Å². The van der Waals surface area contributed by atoms with Gasteiger partial charge in [-0.25, -0.2) is 8.42 Å². The molecule has 1 aliphatic heterocycles. The lowest BCUT2D eigenvalue weighted by Crippen LogP contribution is -2.35. The first kappa shape index (κ1) is 13.1. The summed E-state index contributed by atoms with van der Waals surface area (Å²) >= 11 is 7.50. The van der Waals surface area contributed by atoms with Gasteiger partial charge in [0.05, 0.1) is 10.5 Å². The Bertz CT molecular complexity index is 720. The Labute approximate surface area is 120 Å². The molecule has 3 rings (SSSR count). The summed E-state index contributed by atoms with van der Waals surface area (Å²) in [6.07, 6.45) is 3.61. The van der Waals surface area contributed by atoms with Gasteiger partial charge in [0.25, 0.3) is 0 Å². The Morgan fingerprint density at radius 1 is 1.47 bits per heavy atom. The van der Waals surface area contributed by atoms with E-state index in [1.165, 1.54) is 37.6 Å². The number of halogens is 1. The number of fused-ring (bicyclic) bond motifs is 1. The lowest BCUT2D eigenvalue weighted by molar-refractivity contribution is 0.394. The van der Waals surface area contributed by atoms with Crippen molar-refractivity contribution >= 4 is 33.0 Å². The van der Waals surface area contributed by atoms with Crippen LogP contribution in [0, 0.1) is 0 Å². The SMILES string of the molecule is Cn1cc(S(=O)(=O)N2CCc3sc(Cl)cc3C2)cn1. The summed E-state index contributed by atoms with van der Waals surface area (Å²) in [5.41, 5.74) is 1.01. The second kappa shape index (κ2) is 4.59. The molecule has 0 N–H and O–H groups in total. The van der Waals surface area contributed by atoms with Crippen LogP contribution in [0.1, 0.15) is 10.4 Å². The van der Waals surface area contributed by atoms with E-state index in [1.807, 2.05) is 6.07 Å². The normalized spacial score (nSPS) is 16.5. The summed E-state index contributed by atoms with van der Waals surface area (Å²) in [7, 11) is -1.76. The van der Waals surface area contributed by atoms with Crippen LogP contribution in [0.15, 0.2) is 23.4 Å². The molecule has 19 heavy (non-hydrogen) atoms. The molecule has 3 heterocycles. The van der Waals surface area contributed by atoms with E-state index in [0.717, 1.165) is 5.56 Å². The van der Waals surface area contributed by atoms with Crippen molar-refractivity contribution in [1.29, 1.82) is 0 Å². The lowest BCUT2D eigenvalue weighted by Gasteiger charge is -2.25. The summed E-state index contributed by atoms with van der Waals surface area (Å²) in [5.74, 6) is 0. The molecule has 2 aromatic rings. The standard InChI is InChI=1S/C11H12ClN3O2S2/c1-14-7-9(5-13-14)19(16,17)15-3-2-10-8(6-15)4-11(12)18-10/h4-5,7H,2-3,6H2,1H3. The highest BCUT2D eigenvalue weighted by atomic mass is 35.5. The molecule has 0 aliphatic carbocycles. The summed E-state index contributed by atoms with van der Waals surface area (Å²) in [6, 6.07) is 1.85. The Kier molecular flexibility index (Phi) is 3.17. The molecule has 0 saturated heterocycles. The van der Waals surface area contributed by atoms with Crippen LogP contribution in [0.4, 0.5) is 0 Å². The lowest BCUT2D eigenvalue weighted by atomic mass is 10.1. The third-order valence-electron chi connectivity index (χ3n) is 3.12. The highest BCUT2D eigenvalue weighted by Gasteiger charge is 2.30. The van der Waals surface area contributed by atoms with Crippen LogP contribution >= 0.6 is 22.9 Å². The number of rotatable bonds is 2. The van der Waals surface area contributed by atoms with E-state index in [4.69, 9.17) is 11.6 Å². The molecule has 2 aromatic heterocycles. The van der Waals surface area contributed by atoms with E-state index in [1.54, 1.807) is 7.05 Å². The fourth-order valence-electron chi connectivity index (χ4n) is 2.16. The van der Waals surface area contributed by atoms with Gasteiger partial charge in [0, 0.05) is 31.2 Å². The smallest absolute Gasteiger partial charge is 0.246 e. The van der Waals surface area contributed by atoms with Gasteiger partial charge in [-0.3, -0.25) is 4.68 Å². The number of aromatic nitrogens is 2. The minimum absolute atomic E-state index is 0.236. The highest BCUT2D eigenvalue weighted by Crippen LogP contribution is 2.33. The van der Waals surface area contributed by atoms with Gasteiger partial charge < -0.3 is 0 Å². The molecule has 0 bridgehead atoms. The zero-order valence-electron chi connectivity index (χ0n) is 10.2. The second-order valence-corrected chi connectivity index (χ2v) is 8.14. The van der Waals surface area contributed by atoms with Gasteiger partial charge in [0.1, 0.15) is 4.90 Å². The van der Waals surface area contributed by atoms with Gasteiger partial charge in [-0.05, 0) is 18.1 Å². The highest BCUT2D eigenvalue weighted by molar-refractivity contribution is 7.89. The fraction of sp³-hybridized carbons (Fsp3) is 0.364. The van der Waals surface area contributed by atoms with E-state index < -0.39 is 10.0 Å². The van der Waals surface area contributed by atoms with Crippen LogP contribution in [-0.4, -0.2) is 29.0 Å². The zero-order chi connectivity index (χ0) is 13.6. The quantitative estimate of drug-likeness (QED) is 0.850. The van der Waals surface area contributed by atoms with Crippen LogP contribution in [0.25, 0.3) is 0 Å². The Morgan fingerprint density at radius 3 is 2.95 bits per heavy atom. The zero-order valence-corrected chi connectivity index (χ0v) is 12.6. The number of hydrogen-bond acceptors (Lipinski definition) is 4. The number of thiophene rings is 1. The van der Waals surface area contributed by atoms with Crippen LogP contribution < -0.4 is 0 Å². The van der Waals surface area contributed by atoms with Crippen LogP contribution in [0.2, 0.25) is 4.34 Å². The molecule has 0 unspecified atom stereocenters. The predicted octanol–water partition coefficient (Wildman–Crippen LogP) is 1.88. The average Bonchev–Trinajstić information content (AvgIpc) is 2.93. The summed E-state index contributed by atoms with van der Waals surface area (Å²) < 4.78 is 28.6. The number of sulfonamides is 1. The van der Waals surface area contributed by atoms with E-state index in [-0.39, 0.29) is 4.90 Å². The summed E-state index contributed by atoms with van der Waals surface area (Å²) in [4.78, 5) is 1.42. The number of nitrogens with zero attached hydrogens (tertiary/aromatic N) is 3. The van der Waals surface area contributed by atoms with Gasteiger partial charge in [-0.1, -0.05) is 11.6 Å². The van der Waals surface area contributed by atoms with Crippen LogP contribution in [0.5, 0.6) is 0 Å². The molecular weight excluding hydrogens is 306 g/mol. The van der Waals surface area contributed by atoms with E-state index in [0.29, 0.717) is 23.8 Å². The topological polar surface area (TPSA) is 55.2 Å². The van der Waals surface area contributed by atoms with E-state index in [2.05, 4.69) is 5.10 Å². The molecule has 0 amide bonds. The Hall–Kier alpha value is -0.890. The van der Waals surface area contributed by atoms with Gasteiger partial charge in [0.15, 0.2) is 0 Å². The third-order valence-corrected chi connectivity index (χ3v) is 6.28. The molecule has 0 atom stereocenters. The van der Waals surface area contributed by atoms with Crippen molar-refractivity contribution in [2.45, 2.75) is 17.9 Å². The maximum Gasteiger partial charge on any atom is 0.246 e. The van der Waals surface area contributed by atoms with Gasteiger partial charge >= 0.3 is 0 Å². The number of aryl methyl sites for hydroxylation is 1. The first-order chi connectivity index (χ1) is 8.96. The average molecular weight is 318 g/mol. The van der Waals surface area contributed by atoms with E-state index in [9.17, 15) is 8.42 Å². The molecule has 5 nitrogen and oxygen atoms in total. The fourth-order valence-corrected chi connectivity index (χ4v) is 4.86. The first-order valence-electron chi connectivity index (χ1n) is 5.73.